The van der Waals surface area contributed by atoms with Crippen molar-refractivity contribution in [2.24, 2.45) is 0 Å². The third kappa shape index (κ3) is 5.77. The highest BCUT2D eigenvalue weighted by atomic mass is 32.3. The fraction of sp³-hybridized carbons (Fsp3) is 0.250. The van der Waals surface area contributed by atoms with Crippen LogP contribution in [0.25, 0.3) is 10.8 Å². The first-order valence-electron chi connectivity index (χ1n) is 8.63. The Morgan fingerprint density at radius 3 is 1.72 bits per heavy atom. The zero-order valence-corrected chi connectivity index (χ0v) is 16.8. The van der Waals surface area contributed by atoms with Crippen molar-refractivity contribution in [3.63, 3.8) is 0 Å². The van der Waals surface area contributed by atoms with Gasteiger partial charge in [-0.05, 0) is 5.39 Å². The van der Waals surface area contributed by atoms with Crippen LogP contribution in [0.4, 0.5) is 11.4 Å². The minimum absolute atomic E-state index is 0.0501. The van der Waals surface area contributed by atoms with E-state index in [1.165, 1.54) is 0 Å². The Balaban J connectivity index is 0.000000654. The lowest BCUT2D eigenvalue weighted by atomic mass is 9.92. The first-order valence-corrected chi connectivity index (χ1v) is 10.0. The molecule has 2 aromatic rings. The standard InChI is InChI=1S/C16H14N4O7.H2O4S/c21-4-2-17-1-3-18-15(22)12-7-10(19(24)25)5-9-6-11(20(26)27)8-13(14(9)12)16(18)23;1-5(2,3)4/h5-8,17,21H,1-4H2;(H2,1,2,3,4). The molecule has 1 heterocycles. The Kier molecular flexibility index (Phi) is 7.49. The van der Waals surface area contributed by atoms with Gasteiger partial charge in [0, 0.05) is 49.3 Å². The van der Waals surface area contributed by atoms with Gasteiger partial charge in [-0.2, -0.15) is 8.42 Å². The van der Waals surface area contributed by atoms with Crippen LogP contribution in [0.1, 0.15) is 20.7 Å². The molecule has 2 amide bonds. The van der Waals surface area contributed by atoms with E-state index in [1.807, 2.05) is 0 Å². The number of nitrogens with one attached hydrogen (secondary N) is 1. The predicted molar refractivity (Wildman–Crippen MR) is 107 cm³/mol. The molecule has 16 heteroatoms. The highest BCUT2D eigenvalue weighted by molar-refractivity contribution is 7.79. The summed E-state index contributed by atoms with van der Waals surface area (Å²) in [6.07, 6.45) is 0. The van der Waals surface area contributed by atoms with E-state index in [4.69, 9.17) is 22.6 Å². The molecule has 15 nitrogen and oxygen atoms in total. The molecule has 0 saturated carbocycles. The van der Waals surface area contributed by atoms with Crippen molar-refractivity contribution < 1.29 is 42.1 Å². The second kappa shape index (κ2) is 9.71. The van der Waals surface area contributed by atoms with Crippen LogP contribution in [0.15, 0.2) is 24.3 Å². The van der Waals surface area contributed by atoms with Crippen LogP contribution in [-0.2, 0) is 10.4 Å². The fourth-order valence-corrected chi connectivity index (χ4v) is 3.01. The number of imide groups is 1. The number of nitrogens with zero attached hydrogens (tertiary/aromatic N) is 3. The highest BCUT2D eigenvalue weighted by Gasteiger charge is 2.35. The topological polar surface area (TPSA) is 231 Å². The van der Waals surface area contributed by atoms with Crippen molar-refractivity contribution in [3.8, 4) is 0 Å². The van der Waals surface area contributed by atoms with Crippen LogP contribution in [-0.4, -0.2) is 75.4 Å². The third-order valence-corrected chi connectivity index (χ3v) is 4.19. The molecular weight excluding hydrogens is 456 g/mol. The molecule has 4 N–H and O–H groups in total. The molecular formula is C16H16N4O11S. The summed E-state index contributed by atoms with van der Waals surface area (Å²) < 4.78 is 31.6. The average molecular weight is 472 g/mol. The second-order valence-electron chi connectivity index (χ2n) is 6.28. The summed E-state index contributed by atoms with van der Waals surface area (Å²) in [6.45, 7) is 0.284. The number of carbonyl (C=O) groups is 2. The average Bonchev–Trinajstić information content (AvgIpc) is 2.69. The molecule has 0 aromatic heterocycles. The summed E-state index contributed by atoms with van der Waals surface area (Å²) in [5.74, 6) is -1.42. The zero-order valence-electron chi connectivity index (χ0n) is 16.0. The van der Waals surface area contributed by atoms with Crippen molar-refractivity contribution in [2.45, 2.75) is 0 Å². The lowest BCUT2D eigenvalue weighted by Gasteiger charge is -2.27. The number of aliphatic hydroxyl groups is 1. The van der Waals surface area contributed by atoms with Gasteiger partial charge < -0.3 is 10.4 Å². The molecule has 0 unspecified atom stereocenters. The van der Waals surface area contributed by atoms with E-state index in [0.717, 1.165) is 29.2 Å². The van der Waals surface area contributed by atoms with Gasteiger partial charge in [-0.3, -0.25) is 43.8 Å². The van der Waals surface area contributed by atoms with Crippen LogP contribution >= 0.6 is 0 Å². The van der Waals surface area contributed by atoms with Gasteiger partial charge in [-0.25, -0.2) is 0 Å². The Labute approximate surface area is 179 Å². The van der Waals surface area contributed by atoms with Gasteiger partial charge in [0.2, 0.25) is 0 Å². The maximum atomic E-state index is 12.7. The molecule has 0 bridgehead atoms. The van der Waals surface area contributed by atoms with Crippen molar-refractivity contribution >= 4 is 44.4 Å². The SMILES string of the molecule is O=C1c2cc([N+](=O)[O-])cc3cc([N+](=O)[O-])cc(c23)C(=O)N1CCNCCO.O=S(=O)(O)O. The first-order chi connectivity index (χ1) is 14.8. The van der Waals surface area contributed by atoms with E-state index in [1.54, 1.807) is 0 Å². The molecule has 0 aliphatic carbocycles. The van der Waals surface area contributed by atoms with Gasteiger partial charge in [0.25, 0.3) is 23.2 Å². The van der Waals surface area contributed by atoms with Crippen LogP contribution < -0.4 is 5.32 Å². The lowest BCUT2D eigenvalue weighted by Crippen LogP contribution is -2.44. The number of amides is 2. The quantitative estimate of drug-likeness (QED) is 0.139. The van der Waals surface area contributed by atoms with Gasteiger partial charge in [-0.15, -0.1) is 0 Å². The van der Waals surface area contributed by atoms with Gasteiger partial charge in [0.15, 0.2) is 0 Å². The van der Waals surface area contributed by atoms with Crippen molar-refractivity contribution in [2.75, 3.05) is 26.2 Å². The third-order valence-electron chi connectivity index (χ3n) is 4.19. The van der Waals surface area contributed by atoms with E-state index >= 15 is 0 Å². The van der Waals surface area contributed by atoms with Crippen LogP contribution in [0.5, 0.6) is 0 Å². The maximum absolute atomic E-state index is 12.7. The zero-order chi connectivity index (χ0) is 24.2. The molecule has 3 rings (SSSR count). The molecule has 0 atom stereocenters. The number of carbonyl (C=O) groups excluding carboxylic acids is 2. The van der Waals surface area contributed by atoms with Crippen molar-refractivity contribution in [1.29, 1.82) is 0 Å². The summed E-state index contributed by atoms with van der Waals surface area (Å²) in [5.41, 5.74) is -0.897. The van der Waals surface area contributed by atoms with Crippen LogP contribution in [0.3, 0.4) is 0 Å². The Morgan fingerprint density at radius 1 is 0.906 bits per heavy atom. The number of rotatable bonds is 7. The smallest absolute Gasteiger partial charge is 0.394 e. The van der Waals surface area contributed by atoms with E-state index < -0.39 is 43.4 Å². The second-order valence-corrected chi connectivity index (χ2v) is 7.18. The van der Waals surface area contributed by atoms with Crippen LogP contribution in [0, 0.1) is 20.2 Å². The number of benzene rings is 2. The summed E-state index contributed by atoms with van der Waals surface area (Å²) in [5, 5.41) is 34.2. The normalized spacial score (nSPS) is 13.0. The van der Waals surface area contributed by atoms with Crippen molar-refractivity contribution in [3.05, 3.63) is 55.6 Å². The Bertz CT molecular complexity index is 1140. The molecule has 0 saturated heterocycles. The highest BCUT2D eigenvalue weighted by Crippen LogP contribution is 2.36. The number of hydrogen-bond acceptors (Lipinski definition) is 10. The fourth-order valence-electron chi connectivity index (χ4n) is 3.01. The molecule has 32 heavy (non-hydrogen) atoms. The van der Waals surface area contributed by atoms with Gasteiger partial charge in [0.05, 0.1) is 27.6 Å². The summed E-state index contributed by atoms with van der Waals surface area (Å²) in [4.78, 5) is 47.3. The van der Waals surface area contributed by atoms with E-state index in [2.05, 4.69) is 5.32 Å². The van der Waals surface area contributed by atoms with E-state index in [-0.39, 0.29) is 48.1 Å². The molecule has 2 aromatic carbocycles. The van der Waals surface area contributed by atoms with Gasteiger partial charge >= 0.3 is 10.4 Å². The molecule has 1 aliphatic rings. The van der Waals surface area contributed by atoms with Crippen LogP contribution in [0.2, 0.25) is 0 Å². The summed E-state index contributed by atoms with van der Waals surface area (Å²) in [7, 11) is -4.67. The van der Waals surface area contributed by atoms with Gasteiger partial charge in [0.1, 0.15) is 0 Å². The Hall–Kier alpha value is -3.57. The molecule has 1 aliphatic heterocycles. The largest absolute Gasteiger partial charge is 0.395 e. The monoisotopic (exact) mass is 472 g/mol. The minimum atomic E-state index is -4.67. The molecule has 0 radical (unpaired) electrons. The number of hydrogen-bond donors (Lipinski definition) is 4. The van der Waals surface area contributed by atoms with E-state index in [0.29, 0.717) is 0 Å². The molecule has 0 fully saturated rings. The number of non-ortho nitro benzene ring substituents is 2. The number of nitro groups is 2. The van der Waals surface area contributed by atoms with Crippen molar-refractivity contribution in [1.82, 2.24) is 10.2 Å². The lowest BCUT2D eigenvalue weighted by molar-refractivity contribution is -0.385. The Morgan fingerprint density at radius 2 is 1.34 bits per heavy atom. The number of aliphatic hydroxyl groups excluding tert-OH is 1. The maximum Gasteiger partial charge on any atom is 0.394 e. The molecule has 0 spiro atoms. The summed E-state index contributed by atoms with van der Waals surface area (Å²) in [6, 6.07) is 4.35. The van der Waals surface area contributed by atoms with E-state index in [9.17, 15) is 29.8 Å². The predicted octanol–water partition coefficient (Wildman–Crippen LogP) is 0.181. The summed E-state index contributed by atoms with van der Waals surface area (Å²) >= 11 is 0. The first kappa shape index (κ1) is 24.7. The molecule has 172 valence electrons. The van der Waals surface area contributed by atoms with Gasteiger partial charge in [-0.1, -0.05) is 0 Å². The minimum Gasteiger partial charge on any atom is -0.395 e. The number of nitro benzene ring substituents is 2.